The Morgan fingerprint density at radius 2 is 1.90 bits per heavy atom. The van der Waals surface area contributed by atoms with Crippen LogP contribution in [0.4, 0.5) is 0 Å². The van der Waals surface area contributed by atoms with Gasteiger partial charge in [0.1, 0.15) is 5.75 Å². The molecule has 1 unspecified atom stereocenters. The van der Waals surface area contributed by atoms with Crippen LogP contribution in [-0.4, -0.2) is 32.9 Å². The van der Waals surface area contributed by atoms with Gasteiger partial charge in [-0.2, -0.15) is 0 Å². The van der Waals surface area contributed by atoms with Crippen LogP contribution in [0.3, 0.4) is 0 Å². The van der Waals surface area contributed by atoms with Crippen molar-refractivity contribution in [2.24, 2.45) is 0 Å². The average Bonchev–Trinajstić information content (AvgIpc) is 2.46. The zero-order chi connectivity index (χ0) is 14.4. The summed E-state index contributed by atoms with van der Waals surface area (Å²) in [6.07, 6.45) is 7.09. The van der Waals surface area contributed by atoms with E-state index in [0.717, 1.165) is 25.0 Å². The molecule has 3 heteroatoms. The first-order valence-corrected chi connectivity index (χ1v) is 7.57. The summed E-state index contributed by atoms with van der Waals surface area (Å²) >= 11 is 0. The molecule has 20 heavy (non-hydrogen) atoms. The molecule has 0 radical (unpaired) electrons. The monoisotopic (exact) mass is 277 g/mol. The highest BCUT2D eigenvalue weighted by atomic mass is 16.5. The fourth-order valence-corrected chi connectivity index (χ4v) is 2.99. The van der Waals surface area contributed by atoms with Crippen LogP contribution >= 0.6 is 0 Å². The number of hydrogen-bond donors (Lipinski definition) is 1. The number of nitrogens with one attached hydrogen (secondary N) is 1. The Morgan fingerprint density at radius 3 is 2.35 bits per heavy atom. The van der Waals surface area contributed by atoms with E-state index in [2.05, 4.69) is 24.5 Å². The van der Waals surface area contributed by atoms with E-state index in [1.54, 1.807) is 7.11 Å². The SMILES string of the molecule is CNC(CCc1ccc(OC)cc1)CC1(OC)CCC1. The molecule has 0 aromatic heterocycles. The molecule has 1 atom stereocenters. The van der Waals surface area contributed by atoms with Crippen molar-refractivity contribution in [3.05, 3.63) is 29.8 Å². The highest BCUT2D eigenvalue weighted by Crippen LogP contribution is 2.39. The summed E-state index contributed by atoms with van der Waals surface area (Å²) in [5, 5.41) is 3.45. The van der Waals surface area contributed by atoms with E-state index in [1.807, 2.05) is 19.2 Å². The third kappa shape index (κ3) is 3.74. The molecule has 1 aromatic rings. The Labute approximate surface area is 122 Å². The molecule has 0 bridgehead atoms. The lowest BCUT2D eigenvalue weighted by Gasteiger charge is -2.42. The second-order valence-corrected chi connectivity index (χ2v) is 5.82. The molecule has 0 saturated heterocycles. The normalized spacial score (nSPS) is 18.4. The smallest absolute Gasteiger partial charge is 0.118 e. The molecule has 1 aliphatic carbocycles. The summed E-state index contributed by atoms with van der Waals surface area (Å²) in [6.45, 7) is 0. The maximum absolute atomic E-state index is 5.73. The zero-order valence-electron chi connectivity index (χ0n) is 12.9. The van der Waals surface area contributed by atoms with Crippen LogP contribution in [0.1, 0.15) is 37.7 Å². The van der Waals surface area contributed by atoms with E-state index in [0.29, 0.717) is 6.04 Å². The Balaban J connectivity index is 1.83. The van der Waals surface area contributed by atoms with Crippen LogP contribution < -0.4 is 10.1 Å². The summed E-state index contributed by atoms with van der Waals surface area (Å²) in [5.74, 6) is 0.923. The van der Waals surface area contributed by atoms with E-state index >= 15 is 0 Å². The quantitative estimate of drug-likeness (QED) is 0.791. The van der Waals surface area contributed by atoms with Crippen molar-refractivity contribution in [2.75, 3.05) is 21.3 Å². The van der Waals surface area contributed by atoms with Gasteiger partial charge in [-0.1, -0.05) is 12.1 Å². The lowest BCUT2D eigenvalue weighted by Crippen LogP contribution is -2.45. The van der Waals surface area contributed by atoms with E-state index in [1.165, 1.54) is 24.8 Å². The largest absolute Gasteiger partial charge is 0.497 e. The summed E-state index contributed by atoms with van der Waals surface area (Å²) in [4.78, 5) is 0. The van der Waals surface area contributed by atoms with Crippen molar-refractivity contribution in [1.82, 2.24) is 5.32 Å². The Hall–Kier alpha value is -1.06. The van der Waals surface area contributed by atoms with Crippen LogP contribution in [0, 0.1) is 0 Å². The topological polar surface area (TPSA) is 30.5 Å². The molecule has 0 aliphatic heterocycles. The van der Waals surface area contributed by atoms with Gasteiger partial charge in [-0.25, -0.2) is 0 Å². The van der Waals surface area contributed by atoms with E-state index in [-0.39, 0.29) is 5.60 Å². The molecular formula is C17H27NO2. The number of benzene rings is 1. The van der Waals surface area contributed by atoms with Crippen LogP contribution in [0.2, 0.25) is 0 Å². The van der Waals surface area contributed by atoms with Crippen molar-refractivity contribution < 1.29 is 9.47 Å². The maximum atomic E-state index is 5.73. The number of aryl methyl sites for hydroxylation is 1. The predicted octanol–water partition coefficient (Wildman–Crippen LogP) is 3.18. The van der Waals surface area contributed by atoms with Gasteiger partial charge in [-0.15, -0.1) is 0 Å². The fourth-order valence-electron chi connectivity index (χ4n) is 2.99. The van der Waals surface area contributed by atoms with Crippen LogP contribution in [-0.2, 0) is 11.2 Å². The fraction of sp³-hybridized carbons (Fsp3) is 0.647. The van der Waals surface area contributed by atoms with Gasteiger partial charge in [-0.05, 0) is 63.3 Å². The van der Waals surface area contributed by atoms with Crippen molar-refractivity contribution in [1.29, 1.82) is 0 Å². The van der Waals surface area contributed by atoms with Crippen molar-refractivity contribution >= 4 is 0 Å². The van der Waals surface area contributed by atoms with Gasteiger partial charge in [-0.3, -0.25) is 0 Å². The maximum Gasteiger partial charge on any atom is 0.118 e. The minimum atomic E-state index is 0.146. The van der Waals surface area contributed by atoms with Crippen LogP contribution in [0.15, 0.2) is 24.3 Å². The number of methoxy groups -OCH3 is 2. The first-order chi connectivity index (χ1) is 9.71. The van der Waals surface area contributed by atoms with E-state index < -0.39 is 0 Å². The first-order valence-electron chi connectivity index (χ1n) is 7.57. The summed E-state index contributed by atoms with van der Waals surface area (Å²) < 4.78 is 10.9. The molecule has 1 N–H and O–H groups in total. The number of ether oxygens (including phenoxy) is 2. The molecule has 0 spiro atoms. The lowest BCUT2D eigenvalue weighted by atomic mass is 9.75. The number of rotatable bonds is 8. The highest BCUT2D eigenvalue weighted by molar-refractivity contribution is 5.27. The van der Waals surface area contributed by atoms with E-state index in [9.17, 15) is 0 Å². The predicted molar refractivity (Wildman–Crippen MR) is 82.4 cm³/mol. The molecule has 2 rings (SSSR count). The van der Waals surface area contributed by atoms with Crippen LogP contribution in [0.25, 0.3) is 0 Å². The second kappa shape index (κ2) is 7.09. The minimum Gasteiger partial charge on any atom is -0.497 e. The van der Waals surface area contributed by atoms with E-state index in [4.69, 9.17) is 9.47 Å². The molecule has 112 valence electrons. The molecule has 1 saturated carbocycles. The number of hydrogen-bond acceptors (Lipinski definition) is 3. The first kappa shape index (κ1) is 15.3. The minimum absolute atomic E-state index is 0.146. The van der Waals surface area contributed by atoms with Crippen molar-refractivity contribution in [3.8, 4) is 5.75 Å². The molecule has 1 aromatic carbocycles. The van der Waals surface area contributed by atoms with Crippen molar-refractivity contribution in [2.45, 2.75) is 50.2 Å². The zero-order valence-corrected chi connectivity index (χ0v) is 12.9. The average molecular weight is 277 g/mol. The van der Waals surface area contributed by atoms with Gasteiger partial charge >= 0.3 is 0 Å². The summed E-state index contributed by atoms with van der Waals surface area (Å²) in [6, 6.07) is 8.90. The van der Waals surface area contributed by atoms with Gasteiger partial charge in [0.05, 0.1) is 12.7 Å². The van der Waals surface area contributed by atoms with Gasteiger partial charge < -0.3 is 14.8 Å². The molecule has 0 amide bonds. The highest BCUT2D eigenvalue weighted by Gasteiger charge is 2.38. The Kier molecular flexibility index (Phi) is 5.44. The van der Waals surface area contributed by atoms with Crippen LogP contribution in [0.5, 0.6) is 5.75 Å². The van der Waals surface area contributed by atoms with Crippen molar-refractivity contribution in [3.63, 3.8) is 0 Å². The summed E-state index contributed by atoms with van der Waals surface area (Å²) in [5.41, 5.74) is 1.51. The van der Waals surface area contributed by atoms with Gasteiger partial charge in [0.15, 0.2) is 0 Å². The summed E-state index contributed by atoms with van der Waals surface area (Å²) in [7, 11) is 5.62. The van der Waals surface area contributed by atoms with Gasteiger partial charge in [0.25, 0.3) is 0 Å². The molecule has 1 aliphatic rings. The van der Waals surface area contributed by atoms with Gasteiger partial charge in [0, 0.05) is 13.2 Å². The third-order valence-corrected chi connectivity index (χ3v) is 4.66. The molecular weight excluding hydrogens is 250 g/mol. The molecule has 1 fully saturated rings. The second-order valence-electron chi connectivity index (χ2n) is 5.82. The standard InChI is InChI=1S/C17H27NO2/c1-18-15(13-17(20-3)11-4-12-17)8-5-14-6-9-16(19-2)10-7-14/h6-7,9-10,15,18H,4-5,8,11-13H2,1-3H3. The Morgan fingerprint density at radius 1 is 1.20 bits per heavy atom. The van der Waals surface area contributed by atoms with Gasteiger partial charge in [0.2, 0.25) is 0 Å². The third-order valence-electron chi connectivity index (χ3n) is 4.66. The Bertz CT molecular complexity index is 392. The molecule has 3 nitrogen and oxygen atoms in total. The lowest BCUT2D eigenvalue weighted by molar-refractivity contribution is -0.0834. The molecule has 0 heterocycles.